The molecular weight excluding hydrogens is 128 g/mol. The molecule has 0 rings (SSSR count). The molecule has 0 saturated heterocycles. The lowest BCUT2D eigenvalue weighted by Crippen LogP contribution is -2.26. The highest BCUT2D eigenvalue weighted by Gasteiger charge is 2.16. The minimum absolute atomic E-state index is 0.290. The van der Waals surface area contributed by atoms with E-state index in [1.165, 1.54) is 0 Å². The first-order valence-electron chi connectivity index (χ1n) is 3.79. The molecule has 0 aliphatic rings. The van der Waals surface area contributed by atoms with Gasteiger partial charge in [0.2, 0.25) is 0 Å². The van der Waals surface area contributed by atoms with Crippen molar-refractivity contribution in [1.29, 1.82) is 0 Å². The van der Waals surface area contributed by atoms with Crippen molar-refractivity contribution in [3.8, 4) is 0 Å². The van der Waals surface area contributed by atoms with Gasteiger partial charge in [-0.25, -0.2) is 5.11 Å². The van der Waals surface area contributed by atoms with Gasteiger partial charge in [-0.15, -0.1) is 0 Å². The first-order chi connectivity index (χ1) is 4.45. The van der Waals surface area contributed by atoms with E-state index in [0.29, 0.717) is 6.42 Å². The summed E-state index contributed by atoms with van der Waals surface area (Å²) in [5.74, 6) is 0. The van der Waals surface area contributed by atoms with Gasteiger partial charge >= 0.3 is 0 Å². The third kappa shape index (κ3) is 6.05. The fraction of sp³-hybridized carbons (Fsp3) is 1.00. The highest BCUT2D eigenvalue weighted by molar-refractivity contribution is 4.59. The molecule has 0 aromatic heterocycles. The van der Waals surface area contributed by atoms with E-state index in [0.717, 1.165) is 6.42 Å². The van der Waals surface area contributed by atoms with Gasteiger partial charge in [0.25, 0.3) is 0 Å². The summed E-state index contributed by atoms with van der Waals surface area (Å²) in [6.45, 7) is 7.67. The topological polar surface area (TPSA) is 29.1 Å². The fourth-order valence-corrected chi connectivity index (χ4v) is 0.689. The van der Waals surface area contributed by atoms with Crippen LogP contribution in [-0.2, 0) is 9.84 Å². The zero-order chi connectivity index (χ0) is 8.20. The lowest BCUT2D eigenvalue weighted by molar-refractivity contribution is -0.198. The Hall–Kier alpha value is -0.0800. The van der Waals surface area contributed by atoms with Crippen LogP contribution in [-0.4, -0.2) is 11.9 Å². The summed E-state index contributed by atoms with van der Waals surface area (Å²) < 4.78 is 5.12. The molecule has 0 saturated carbocycles. The molecule has 0 bridgehead atoms. The van der Waals surface area contributed by atoms with Crippen molar-refractivity contribution >= 4 is 0 Å². The van der Waals surface area contributed by atoms with Crippen molar-refractivity contribution < 1.29 is 9.84 Å². The average Bonchev–Trinajstić information content (AvgIpc) is 1.59. The maximum absolute atomic E-state index is 10.9. The molecule has 0 aliphatic heterocycles. The summed E-state index contributed by atoms with van der Waals surface area (Å²) in [5.41, 5.74) is -0.290. The number of hydrogen-bond acceptors (Lipinski definition) is 1. The molecular formula is C8H17O2. The van der Waals surface area contributed by atoms with E-state index in [-0.39, 0.29) is 5.60 Å². The van der Waals surface area contributed by atoms with Gasteiger partial charge in [0.1, 0.15) is 0 Å². The summed E-state index contributed by atoms with van der Waals surface area (Å²) in [5, 5.41) is 10.9. The quantitative estimate of drug-likeness (QED) is 0.560. The SMILES string of the molecule is CCC[C@H]([O])OC(C)(C)C. The molecule has 0 amide bonds. The van der Waals surface area contributed by atoms with Gasteiger partial charge in [0.15, 0.2) is 6.29 Å². The van der Waals surface area contributed by atoms with Crippen LogP contribution >= 0.6 is 0 Å². The number of ether oxygens (including phenoxy) is 1. The van der Waals surface area contributed by atoms with E-state index in [9.17, 15) is 5.11 Å². The third-order valence-corrected chi connectivity index (χ3v) is 1.01. The second kappa shape index (κ2) is 3.94. The second-order valence-electron chi connectivity index (χ2n) is 3.45. The van der Waals surface area contributed by atoms with E-state index < -0.39 is 6.29 Å². The normalized spacial score (nSPS) is 15.3. The summed E-state index contributed by atoms with van der Waals surface area (Å²) in [6.07, 6.45) is 0.659. The molecule has 0 unspecified atom stereocenters. The minimum atomic E-state index is -0.843. The Labute approximate surface area is 63.2 Å². The third-order valence-electron chi connectivity index (χ3n) is 1.01. The van der Waals surface area contributed by atoms with Crippen molar-refractivity contribution in [3.05, 3.63) is 0 Å². The van der Waals surface area contributed by atoms with E-state index in [4.69, 9.17) is 4.74 Å². The van der Waals surface area contributed by atoms with Crippen LogP contribution in [0.15, 0.2) is 0 Å². The van der Waals surface area contributed by atoms with Gasteiger partial charge in [-0.05, 0) is 20.8 Å². The Morgan fingerprint density at radius 1 is 1.40 bits per heavy atom. The average molecular weight is 145 g/mol. The van der Waals surface area contributed by atoms with Crippen LogP contribution in [0.2, 0.25) is 0 Å². The van der Waals surface area contributed by atoms with Gasteiger partial charge in [-0.1, -0.05) is 13.3 Å². The van der Waals surface area contributed by atoms with E-state index in [1.807, 2.05) is 27.7 Å². The Balaban J connectivity index is 3.47. The maximum Gasteiger partial charge on any atom is 0.191 e. The Kier molecular flexibility index (Phi) is 3.91. The molecule has 1 atom stereocenters. The Morgan fingerprint density at radius 3 is 2.20 bits per heavy atom. The van der Waals surface area contributed by atoms with E-state index in [2.05, 4.69) is 0 Å². The zero-order valence-electron chi connectivity index (χ0n) is 7.31. The van der Waals surface area contributed by atoms with Crippen LogP contribution in [0.4, 0.5) is 0 Å². The van der Waals surface area contributed by atoms with Gasteiger partial charge in [-0.2, -0.15) is 0 Å². The van der Waals surface area contributed by atoms with E-state index >= 15 is 0 Å². The molecule has 0 aromatic rings. The van der Waals surface area contributed by atoms with Crippen LogP contribution in [0, 0.1) is 0 Å². The first kappa shape index (κ1) is 9.92. The van der Waals surface area contributed by atoms with Crippen molar-refractivity contribution in [2.24, 2.45) is 0 Å². The largest absolute Gasteiger partial charge is 0.344 e. The molecule has 2 nitrogen and oxygen atoms in total. The fourth-order valence-electron chi connectivity index (χ4n) is 0.689. The predicted octanol–water partition coefficient (Wildman–Crippen LogP) is 2.36. The molecule has 10 heavy (non-hydrogen) atoms. The lowest BCUT2D eigenvalue weighted by Gasteiger charge is -2.22. The second-order valence-corrected chi connectivity index (χ2v) is 3.45. The Bertz CT molecular complexity index is 83.7. The van der Waals surface area contributed by atoms with Crippen molar-refractivity contribution in [3.63, 3.8) is 0 Å². The standard InChI is InChI=1S/C8H17O2/c1-5-6-7(9)10-8(2,3)4/h7H,5-6H2,1-4H3/t7-/m1/s1. The first-order valence-corrected chi connectivity index (χ1v) is 3.79. The van der Waals surface area contributed by atoms with Gasteiger partial charge in [0.05, 0.1) is 5.60 Å². The maximum atomic E-state index is 10.9. The summed E-state index contributed by atoms with van der Waals surface area (Å²) >= 11 is 0. The van der Waals surface area contributed by atoms with Crippen LogP contribution in [0.3, 0.4) is 0 Å². The van der Waals surface area contributed by atoms with Crippen LogP contribution in [0.1, 0.15) is 40.5 Å². The van der Waals surface area contributed by atoms with E-state index in [1.54, 1.807) is 0 Å². The van der Waals surface area contributed by atoms with Crippen LogP contribution in [0.25, 0.3) is 0 Å². The minimum Gasteiger partial charge on any atom is -0.344 e. The van der Waals surface area contributed by atoms with Crippen molar-refractivity contribution in [2.45, 2.75) is 52.4 Å². The molecule has 0 spiro atoms. The van der Waals surface area contributed by atoms with Crippen molar-refractivity contribution in [2.75, 3.05) is 0 Å². The monoisotopic (exact) mass is 145 g/mol. The van der Waals surface area contributed by atoms with Crippen LogP contribution in [0.5, 0.6) is 0 Å². The molecule has 2 heteroatoms. The molecule has 0 aromatic carbocycles. The summed E-state index contributed by atoms with van der Waals surface area (Å²) in [4.78, 5) is 0. The summed E-state index contributed by atoms with van der Waals surface area (Å²) in [6, 6.07) is 0. The van der Waals surface area contributed by atoms with Gasteiger partial charge in [-0.3, -0.25) is 0 Å². The smallest absolute Gasteiger partial charge is 0.191 e. The van der Waals surface area contributed by atoms with Gasteiger partial charge in [0, 0.05) is 6.42 Å². The molecule has 61 valence electrons. The molecule has 0 fully saturated rings. The molecule has 0 N–H and O–H groups in total. The zero-order valence-corrected chi connectivity index (χ0v) is 7.31. The van der Waals surface area contributed by atoms with Gasteiger partial charge < -0.3 is 4.74 Å². The molecule has 0 aliphatic carbocycles. The lowest BCUT2D eigenvalue weighted by atomic mass is 10.2. The predicted molar refractivity (Wildman–Crippen MR) is 40.2 cm³/mol. The highest BCUT2D eigenvalue weighted by atomic mass is 16.6. The molecule has 1 radical (unpaired) electrons. The number of rotatable bonds is 3. The number of hydrogen-bond donors (Lipinski definition) is 0. The summed E-state index contributed by atoms with van der Waals surface area (Å²) in [7, 11) is 0. The molecule has 0 heterocycles. The highest BCUT2D eigenvalue weighted by Crippen LogP contribution is 2.12. The Morgan fingerprint density at radius 2 is 1.90 bits per heavy atom. The van der Waals surface area contributed by atoms with Crippen LogP contribution < -0.4 is 0 Å². The van der Waals surface area contributed by atoms with Crippen molar-refractivity contribution in [1.82, 2.24) is 0 Å².